The Kier molecular flexibility index (Phi) is 12.8. The van der Waals surface area contributed by atoms with Crippen LogP contribution in [0.2, 0.25) is 0 Å². The van der Waals surface area contributed by atoms with E-state index in [1.165, 1.54) is 18.2 Å². The summed E-state index contributed by atoms with van der Waals surface area (Å²) in [5.41, 5.74) is 5.86. The number of aliphatic hydroxyl groups excluding tert-OH is 6. The van der Waals surface area contributed by atoms with Crippen LogP contribution >= 0.6 is 0 Å². The fourth-order valence-electron chi connectivity index (χ4n) is 6.06. The molecule has 296 valence electrons. The Balaban J connectivity index is 1.19. The van der Waals surface area contributed by atoms with Crippen molar-refractivity contribution in [3.05, 3.63) is 35.9 Å². The molecule has 0 aromatic heterocycles. The van der Waals surface area contributed by atoms with Gasteiger partial charge in [-0.25, -0.2) is 4.79 Å². The molecule has 4 aliphatic rings. The molecule has 0 spiro atoms. The third kappa shape index (κ3) is 9.11. The molecule has 1 aromatic rings. The van der Waals surface area contributed by atoms with E-state index in [1.807, 2.05) is 0 Å². The highest BCUT2D eigenvalue weighted by atomic mass is 16.7. The van der Waals surface area contributed by atoms with Crippen molar-refractivity contribution in [1.82, 2.24) is 20.4 Å². The molecule has 0 bridgehead atoms. The van der Waals surface area contributed by atoms with Gasteiger partial charge in [0.2, 0.25) is 18.1 Å². The minimum absolute atomic E-state index is 0.0519. The van der Waals surface area contributed by atoms with Gasteiger partial charge < -0.3 is 70.9 Å². The van der Waals surface area contributed by atoms with Gasteiger partial charge in [-0.1, -0.05) is 6.07 Å². The highest BCUT2D eigenvalue weighted by Gasteiger charge is 2.58. The monoisotopic (exact) mass is 766 g/mol. The number of carbonyl (C=O) groups excluding carboxylic acids is 6. The maximum absolute atomic E-state index is 12.9. The molecule has 5 rings (SSSR count). The van der Waals surface area contributed by atoms with Gasteiger partial charge in [0.15, 0.2) is 6.17 Å². The smallest absolute Gasteiger partial charge is 0.409 e. The van der Waals surface area contributed by atoms with E-state index >= 15 is 0 Å². The van der Waals surface area contributed by atoms with Crippen LogP contribution in [0, 0.1) is 0 Å². The minimum atomic E-state index is -1.79. The predicted octanol–water partition coefficient (Wildman–Crippen LogP) is -5.19. The molecule has 3 fully saturated rings. The Bertz CT molecular complexity index is 1630. The second kappa shape index (κ2) is 17.1. The molecular weight excluding hydrogens is 724 g/mol. The quantitative estimate of drug-likeness (QED) is 0.0625. The van der Waals surface area contributed by atoms with Crippen molar-refractivity contribution in [2.75, 3.05) is 25.0 Å². The molecule has 6 amide bonds. The number of anilines is 1. The minimum Gasteiger partial charge on any atom is -0.460 e. The molecule has 22 nitrogen and oxygen atoms in total. The van der Waals surface area contributed by atoms with Gasteiger partial charge in [0.05, 0.1) is 24.4 Å². The van der Waals surface area contributed by atoms with Crippen LogP contribution in [-0.2, 0) is 44.8 Å². The fourth-order valence-corrected chi connectivity index (χ4v) is 6.06. The van der Waals surface area contributed by atoms with Crippen molar-refractivity contribution in [1.29, 1.82) is 0 Å². The molecule has 54 heavy (non-hydrogen) atoms. The van der Waals surface area contributed by atoms with Gasteiger partial charge in [0.25, 0.3) is 17.7 Å². The van der Waals surface area contributed by atoms with Crippen molar-refractivity contribution in [3.63, 3.8) is 0 Å². The lowest BCUT2D eigenvalue weighted by molar-refractivity contribution is -0.277. The summed E-state index contributed by atoms with van der Waals surface area (Å²) in [4.78, 5) is 75.6. The molecule has 0 aliphatic carbocycles. The normalized spacial score (nSPS) is 32.0. The van der Waals surface area contributed by atoms with E-state index in [-0.39, 0.29) is 42.9 Å². The number of nitrogens with zero attached hydrogens (tertiary/aromatic N) is 2. The summed E-state index contributed by atoms with van der Waals surface area (Å²) in [6.07, 6.45) is -13.5. The number of amides is 6. The third-order valence-corrected chi connectivity index (χ3v) is 9.08. The number of hydrogen-bond donors (Lipinski definition) is 10. The lowest BCUT2D eigenvalue weighted by atomic mass is 9.96. The van der Waals surface area contributed by atoms with Crippen molar-refractivity contribution in [2.24, 2.45) is 5.73 Å². The zero-order valence-corrected chi connectivity index (χ0v) is 28.7. The van der Waals surface area contributed by atoms with Gasteiger partial charge in [-0.2, -0.15) is 0 Å². The van der Waals surface area contributed by atoms with Crippen molar-refractivity contribution in [3.8, 4) is 5.75 Å². The van der Waals surface area contributed by atoms with Crippen LogP contribution < -0.4 is 26.4 Å². The Labute approximate surface area is 306 Å². The van der Waals surface area contributed by atoms with E-state index in [4.69, 9.17) is 24.7 Å². The second-order valence-corrected chi connectivity index (χ2v) is 12.9. The fraction of sp³-hybridized carbons (Fsp3) is 0.562. The van der Waals surface area contributed by atoms with E-state index in [0.29, 0.717) is 0 Å². The predicted molar refractivity (Wildman–Crippen MR) is 176 cm³/mol. The Morgan fingerprint density at radius 3 is 2.30 bits per heavy atom. The zero-order chi connectivity index (χ0) is 39.4. The van der Waals surface area contributed by atoms with Crippen LogP contribution in [0.15, 0.2) is 30.4 Å². The molecule has 4 heterocycles. The molecule has 11 atom stereocenters. The largest absolute Gasteiger partial charge is 0.460 e. The standard InChI is InChI=1S/C32H42N6O16/c1-13-22(24(45)26(47)28(33)52-13)38-29(30(38)49)36-32(50)51-12-14-2-3-16(53-31-27(48)25(46)23(44)17(11-39)54-31)15(10-14)35-19(41)6-8-34-18(40)7-9-37-20(42)4-5-21(37)43/h2-5,10,13,17,22-29,31,39,44-48H,6-9,11-12,33H2,1H3,(H,34,40)(H,35,41)(H,36,50). The number of rotatable bonds is 14. The van der Waals surface area contributed by atoms with E-state index < -0.39 is 116 Å². The number of carbonyl (C=O) groups is 6. The summed E-state index contributed by atoms with van der Waals surface area (Å²) in [7, 11) is 0. The third-order valence-electron chi connectivity index (χ3n) is 9.08. The van der Waals surface area contributed by atoms with Crippen molar-refractivity contribution in [2.45, 2.75) is 93.8 Å². The van der Waals surface area contributed by atoms with Crippen molar-refractivity contribution < 1.29 is 78.4 Å². The molecule has 11 N–H and O–H groups in total. The molecule has 4 aliphatic heterocycles. The Hall–Kier alpha value is -4.78. The van der Waals surface area contributed by atoms with E-state index in [9.17, 15) is 59.4 Å². The topological polar surface area (TPSA) is 329 Å². The maximum Gasteiger partial charge on any atom is 0.409 e. The first-order valence-electron chi connectivity index (χ1n) is 16.8. The Morgan fingerprint density at radius 1 is 0.907 bits per heavy atom. The Morgan fingerprint density at radius 2 is 1.61 bits per heavy atom. The number of nitrogens with one attached hydrogen (secondary N) is 3. The molecule has 0 radical (unpaired) electrons. The summed E-state index contributed by atoms with van der Waals surface area (Å²) in [6.45, 7) is 0.0977. The van der Waals surface area contributed by atoms with Gasteiger partial charge in [-0.15, -0.1) is 0 Å². The van der Waals surface area contributed by atoms with Gasteiger partial charge in [-0.05, 0) is 24.6 Å². The van der Waals surface area contributed by atoms with Crippen LogP contribution in [0.3, 0.4) is 0 Å². The number of ether oxygens (including phenoxy) is 4. The summed E-state index contributed by atoms with van der Waals surface area (Å²) in [6, 6.07) is 3.04. The van der Waals surface area contributed by atoms with Crippen molar-refractivity contribution >= 4 is 41.3 Å². The lowest BCUT2D eigenvalue weighted by Gasteiger charge is -2.40. The summed E-state index contributed by atoms with van der Waals surface area (Å²) < 4.78 is 21.7. The average molecular weight is 767 g/mol. The van der Waals surface area contributed by atoms with Gasteiger partial charge in [0.1, 0.15) is 55.2 Å². The SMILES string of the molecule is CC1OC(N)C(O)C(O)C1N1C(=O)C1NC(=O)OCc1ccc(OC2OC(CO)C(O)C(O)C2O)c(NC(=O)CCNC(=O)CCN2C(=O)C=CC2=O)c1. The lowest BCUT2D eigenvalue weighted by Crippen LogP contribution is -2.62. The maximum atomic E-state index is 12.9. The van der Waals surface area contributed by atoms with Crippen LogP contribution in [0.4, 0.5) is 10.5 Å². The van der Waals surface area contributed by atoms with Crippen LogP contribution in [0.1, 0.15) is 25.3 Å². The van der Waals surface area contributed by atoms with Gasteiger partial charge in [-0.3, -0.25) is 34.2 Å². The molecule has 0 saturated carbocycles. The molecular formula is C32H42N6O16. The zero-order valence-electron chi connectivity index (χ0n) is 28.7. The first-order valence-corrected chi connectivity index (χ1v) is 16.8. The molecule has 11 unspecified atom stereocenters. The summed E-state index contributed by atoms with van der Waals surface area (Å²) in [5, 5.41) is 68.3. The van der Waals surface area contributed by atoms with Crippen LogP contribution in [-0.4, -0.2) is 163 Å². The number of imide groups is 1. The molecule has 22 heteroatoms. The van der Waals surface area contributed by atoms with Gasteiger partial charge >= 0.3 is 6.09 Å². The first kappa shape index (κ1) is 40.4. The first-order chi connectivity index (χ1) is 25.6. The average Bonchev–Trinajstić information content (AvgIpc) is 3.61. The summed E-state index contributed by atoms with van der Waals surface area (Å²) in [5.74, 6) is -2.96. The van der Waals surface area contributed by atoms with E-state index in [0.717, 1.165) is 22.0 Å². The summed E-state index contributed by atoms with van der Waals surface area (Å²) >= 11 is 0. The highest BCUT2D eigenvalue weighted by Crippen LogP contribution is 2.33. The highest BCUT2D eigenvalue weighted by molar-refractivity contribution is 6.13. The molecule has 1 aromatic carbocycles. The van der Waals surface area contributed by atoms with E-state index in [2.05, 4.69) is 16.0 Å². The van der Waals surface area contributed by atoms with E-state index in [1.54, 1.807) is 6.92 Å². The van der Waals surface area contributed by atoms with Crippen LogP contribution in [0.5, 0.6) is 5.75 Å². The van der Waals surface area contributed by atoms with Crippen LogP contribution in [0.25, 0.3) is 0 Å². The molecule has 3 saturated heterocycles. The number of aliphatic hydroxyl groups is 6. The number of hydrogen-bond acceptors (Lipinski definition) is 17. The number of nitrogens with two attached hydrogens (primary N) is 1. The number of alkyl carbamates (subject to hydrolysis) is 1. The second-order valence-electron chi connectivity index (χ2n) is 12.9. The number of benzene rings is 1. The van der Waals surface area contributed by atoms with Gasteiger partial charge in [0, 0.05) is 38.1 Å².